The lowest BCUT2D eigenvalue weighted by molar-refractivity contribution is -0.340. The molecule has 0 radical (unpaired) electrons. The van der Waals surface area contributed by atoms with E-state index in [1.54, 1.807) is 0 Å². The molecule has 0 aromatic rings. The lowest BCUT2D eigenvalue weighted by Gasteiger charge is -2.48. The van der Waals surface area contributed by atoms with E-state index in [0.717, 1.165) is 44.1 Å². The molecule has 2 rings (SSSR count). The fourth-order valence-electron chi connectivity index (χ4n) is 11.5. The van der Waals surface area contributed by atoms with Crippen molar-refractivity contribution in [2.24, 2.45) is 0 Å². The molecule has 0 spiro atoms. The van der Waals surface area contributed by atoms with Crippen molar-refractivity contribution in [2.45, 2.75) is 85.6 Å². The van der Waals surface area contributed by atoms with Gasteiger partial charge >= 0.3 is 71.6 Å². The second-order valence-electron chi connectivity index (χ2n) is 25.7. The molecule has 3 amide bonds. The fraction of sp³-hybridized carbons (Fsp3) is 0.750. The summed E-state index contributed by atoms with van der Waals surface area (Å²) in [5, 5.41) is 221. The van der Waals surface area contributed by atoms with Crippen LogP contribution in [0.1, 0.15) is 0 Å². The first-order valence-electron chi connectivity index (χ1n) is 33.9. The standard InChI is InChI=1S/C60H100N12O40/c73-28-32(61-36(77)13-67(19-42(86)87)7-1-64(16-39(80)81)4-10-70(22-45(92)93)23-46(94)95)53(104)54(105)33(29-74)109-59-52(63-38(79)15-69(21-44(90)91)9-3-66(18-41(84)85)6-12-72(26-49(100)101)27-50(102)103)57(108)58(35(31-76)111-59)112-60-51(56(107)55(106)34(30-75)110-60)62-37(78)14-68(20-43(88)89)8-2-65(17-40(82)83)5-11-71(24-47(96)97)25-48(98)99/h32-35,51-60,73-76,104-108H,1-31H2,(H,61,77)(H,62,78)(H,63,79)(H,80,81)(H,82,83)(H,84,85)(H,86,87)(H,88,89)(H,90,91)(H,92,93)(H,94,95)(H,96,97)(H,98,99)(H,100,101)(H,102,103)/t32-,33-,34-,35-,51-,52-,53-,54-,55-,56-,57-,58-,59+,60+/m1/s1. The molecule has 2 aliphatic rings. The van der Waals surface area contributed by atoms with Gasteiger partial charge in [-0.05, 0) is 0 Å². The molecule has 2 saturated heterocycles. The molecule has 52 nitrogen and oxygen atoms in total. The van der Waals surface area contributed by atoms with Gasteiger partial charge in [0.15, 0.2) is 12.6 Å². The second-order valence-corrected chi connectivity index (χ2v) is 25.7. The Hall–Kier alpha value is -8.83. The molecule has 0 unspecified atom stereocenters. The molecule has 0 aromatic heterocycles. The molecule has 2 heterocycles. The van der Waals surface area contributed by atoms with Crippen LogP contribution in [0, 0.1) is 0 Å². The van der Waals surface area contributed by atoms with Crippen molar-refractivity contribution in [3.8, 4) is 0 Å². The number of carbonyl (C=O) groups excluding carboxylic acids is 3. The zero-order valence-electron chi connectivity index (χ0n) is 60.2. The molecule has 112 heavy (non-hydrogen) atoms. The Morgan fingerprint density at radius 3 is 0.848 bits per heavy atom. The predicted molar refractivity (Wildman–Crippen MR) is 361 cm³/mol. The molecule has 2 fully saturated rings. The van der Waals surface area contributed by atoms with E-state index < -0.39 is 326 Å². The number of hydrogen-bond acceptors (Lipinski definition) is 37. The molecule has 14 atom stereocenters. The summed E-state index contributed by atoms with van der Waals surface area (Å²) in [5.74, 6) is -21.5. The number of aliphatic hydroxyl groups is 9. The normalized spacial score (nSPS) is 21.1. The van der Waals surface area contributed by atoms with Gasteiger partial charge in [-0.1, -0.05) is 0 Å². The Morgan fingerprint density at radius 2 is 0.571 bits per heavy atom. The van der Waals surface area contributed by atoms with Crippen LogP contribution in [0.5, 0.6) is 0 Å². The quantitative estimate of drug-likeness (QED) is 0.0269. The zero-order valence-corrected chi connectivity index (χ0v) is 60.2. The number of hydrogen-bond donors (Lipinski definition) is 24. The van der Waals surface area contributed by atoms with Gasteiger partial charge < -0.3 is 142 Å². The number of carbonyl (C=O) groups is 15. The molecule has 24 N–H and O–H groups in total. The highest BCUT2D eigenvalue weighted by molar-refractivity contribution is 5.81. The van der Waals surface area contributed by atoms with Crippen LogP contribution in [0.15, 0.2) is 0 Å². The van der Waals surface area contributed by atoms with Gasteiger partial charge in [0.05, 0.1) is 131 Å². The van der Waals surface area contributed by atoms with E-state index in [2.05, 4.69) is 16.0 Å². The summed E-state index contributed by atoms with van der Waals surface area (Å²) >= 11 is 0. The van der Waals surface area contributed by atoms with Gasteiger partial charge in [0.1, 0.15) is 67.0 Å². The van der Waals surface area contributed by atoms with Crippen LogP contribution < -0.4 is 16.0 Å². The third-order valence-electron chi connectivity index (χ3n) is 16.7. The first-order chi connectivity index (χ1) is 52.5. The van der Waals surface area contributed by atoms with Crippen molar-refractivity contribution >= 4 is 89.4 Å². The maximum atomic E-state index is 14.4. The highest BCUT2D eigenvalue weighted by atomic mass is 16.7. The van der Waals surface area contributed by atoms with Crippen molar-refractivity contribution < 1.29 is 198 Å². The highest BCUT2D eigenvalue weighted by Gasteiger charge is 2.53. The number of aliphatic hydroxyl groups excluding tert-OH is 9. The number of nitrogens with zero attached hydrogens (tertiary/aromatic N) is 9. The van der Waals surface area contributed by atoms with Crippen LogP contribution in [-0.2, 0) is 90.9 Å². The Kier molecular flexibility index (Phi) is 45.2. The van der Waals surface area contributed by atoms with Crippen molar-refractivity contribution in [1.82, 2.24) is 60.0 Å². The van der Waals surface area contributed by atoms with E-state index in [9.17, 15) is 179 Å². The number of carboxylic acids is 12. The van der Waals surface area contributed by atoms with E-state index in [1.807, 2.05) is 0 Å². The summed E-state index contributed by atoms with van der Waals surface area (Å²) in [6.45, 7) is -22.8. The largest absolute Gasteiger partial charge is 0.480 e. The smallest absolute Gasteiger partial charge is 0.317 e. The number of carboxylic acid groups (broad SMARTS) is 12. The number of aliphatic carboxylic acids is 12. The first kappa shape index (κ1) is 99.2. The van der Waals surface area contributed by atoms with Gasteiger partial charge in [-0.2, -0.15) is 0 Å². The second kappa shape index (κ2) is 51.0. The molecule has 0 saturated carbocycles. The summed E-state index contributed by atoms with van der Waals surface area (Å²) in [4.78, 5) is 191. The van der Waals surface area contributed by atoms with E-state index in [-0.39, 0.29) is 52.4 Å². The molecule has 0 bridgehead atoms. The molecule has 0 aliphatic carbocycles. The van der Waals surface area contributed by atoms with Gasteiger partial charge in [0.25, 0.3) is 0 Å². The third-order valence-corrected chi connectivity index (χ3v) is 16.7. The monoisotopic (exact) mass is 1630 g/mol. The van der Waals surface area contributed by atoms with Crippen LogP contribution >= 0.6 is 0 Å². The van der Waals surface area contributed by atoms with Crippen molar-refractivity contribution in [1.29, 1.82) is 0 Å². The number of nitrogens with one attached hydrogen (secondary N) is 3. The third kappa shape index (κ3) is 39.1. The number of amides is 3. The van der Waals surface area contributed by atoms with Gasteiger partial charge in [0.2, 0.25) is 17.7 Å². The van der Waals surface area contributed by atoms with Crippen LogP contribution in [-0.4, -0.2) is 529 Å². The zero-order chi connectivity index (χ0) is 84.8. The van der Waals surface area contributed by atoms with E-state index in [4.69, 9.17) is 18.9 Å². The van der Waals surface area contributed by atoms with Crippen LogP contribution in [0.4, 0.5) is 0 Å². The maximum Gasteiger partial charge on any atom is 0.317 e. The van der Waals surface area contributed by atoms with E-state index in [0.29, 0.717) is 0 Å². The molecular weight excluding hydrogens is 1530 g/mol. The minimum atomic E-state index is -2.55. The van der Waals surface area contributed by atoms with Crippen molar-refractivity contribution in [3.63, 3.8) is 0 Å². The lowest BCUT2D eigenvalue weighted by atomic mass is 9.94. The fourth-order valence-corrected chi connectivity index (χ4v) is 11.5. The van der Waals surface area contributed by atoms with Gasteiger partial charge in [-0.25, -0.2) is 0 Å². The summed E-state index contributed by atoms with van der Waals surface area (Å²) in [5.41, 5.74) is 0. The van der Waals surface area contributed by atoms with E-state index in [1.165, 1.54) is 0 Å². The highest BCUT2D eigenvalue weighted by Crippen LogP contribution is 2.31. The van der Waals surface area contributed by atoms with Crippen LogP contribution in [0.25, 0.3) is 0 Å². The molecule has 640 valence electrons. The van der Waals surface area contributed by atoms with E-state index >= 15 is 0 Å². The Labute approximate surface area is 634 Å². The average Bonchev–Trinajstić information content (AvgIpc) is 0.774. The average molecular weight is 1630 g/mol. The summed E-state index contributed by atoms with van der Waals surface area (Å²) in [6.07, 6.45) is -25.0. The lowest BCUT2D eigenvalue weighted by Crippen LogP contribution is -2.70. The molecule has 0 aromatic carbocycles. The van der Waals surface area contributed by atoms with Crippen molar-refractivity contribution in [3.05, 3.63) is 0 Å². The van der Waals surface area contributed by atoms with Crippen LogP contribution in [0.2, 0.25) is 0 Å². The maximum absolute atomic E-state index is 14.4. The van der Waals surface area contributed by atoms with Crippen molar-refractivity contribution in [2.75, 3.05) is 203 Å². The number of rotatable bonds is 62. The minimum Gasteiger partial charge on any atom is -0.480 e. The first-order valence-corrected chi connectivity index (χ1v) is 33.9. The topological polar surface area (TPSA) is 783 Å². The molecule has 52 heteroatoms. The Bertz CT molecular complexity index is 3050. The Balaban J connectivity index is 2.71. The van der Waals surface area contributed by atoms with Gasteiger partial charge in [-0.3, -0.25) is 116 Å². The summed E-state index contributed by atoms with van der Waals surface area (Å²) < 4.78 is 23.6. The number of ether oxygens (including phenoxy) is 4. The SMILES string of the molecule is O=C(O)CN(CCN(CC(=O)O)CC(=O)O)CCN(CC(=O)O)CC(=O)N[C@H]1[C@@H](O[C@H](CO)[C@@H](O)[C@H](O)[C@@H](CO)NC(=O)CN(CCN(CCN(CC(=O)O)CC(=O)O)CC(=O)O)CC(=O)O)O[C@H](CO)[C@@H](O[C@@H]2O[C@H](CO)[C@@H](O)[C@H](O)[C@H]2NC(=O)CN(CCN(CCN(CC(=O)O)CC(=O)O)CC(=O)O)CC(=O)O)[C@@H]1O. The Morgan fingerprint density at radius 1 is 0.312 bits per heavy atom. The summed E-state index contributed by atoms with van der Waals surface area (Å²) in [7, 11) is 0. The van der Waals surface area contributed by atoms with Crippen LogP contribution in [0.3, 0.4) is 0 Å². The molecule has 2 aliphatic heterocycles. The predicted octanol–water partition coefficient (Wildman–Crippen LogP) is -15.8. The van der Waals surface area contributed by atoms with Gasteiger partial charge in [0, 0.05) is 78.5 Å². The minimum absolute atomic E-state index is 0.296. The summed E-state index contributed by atoms with van der Waals surface area (Å²) in [6, 6.07) is -6.37. The van der Waals surface area contributed by atoms with Gasteiger partial charge in [-0.15, -0.1) is 0 Å². The molecular formula is C60H100N12O40.